The van der Waals surface area contributed by atoms with Gasteiger partial charge in [-0.3, -0.25) is 0 Å². The Morgan fingerprint density at radius 3 is 2.80 bits per heavy atom. The predicted molar refractivity (Wildman–Crippen MR) is 38.9 cm³/mol. The average Bonchev–Trinajstić information content (AvgIpc) is 2.13. The summed E-state index contributed by atoms with van der Waals surface area (Å²) < 4.78 is 1.61. The van der Waals surface area contributed by atoms with E-state index >= 15 is 0 Å². The van der Waals surface area contributed by atoms with Crippen LogP contribution in [0.5, 0.6) is 5.88 Å². The maximum absolute atomic E-state index is 9.16. The van der Waals surface area contributed by atoms with Crippen LogP contribution in [0.2, 0.25) is 0 Å². The van der Waals surface area contributed by atoms with E-state index in [1.165, 1.54) is 0 Å². The molecule has 0 radical (unpaired) electrons. The van der Waals surface area contributed by atoms with Crippen LogP contribution in [-0.4, -0.2) is 14.9 Å². The fourth-order valence-corrected chi connectivity index (χ4v) is 0.908. The van der Waals surface area contributed by atoms with Gasteiger partial charge in [0.1, 0.15) is 0 Å². The fraction of sp³-hybridized carbons (Fsp3) is 0.571. The molecular weight excluding hydrogens is 128 g/mol. The van der Waals surface area contributed by atoms with Crippen molar-refractivity contribution in [2.75, 3.05) is 0 Å². The zero-order chi connectivity index (χ0) is 7.56. The highest BCUT2D eigenvalue weighted by Gasteiger charge is 1.99. The Bertz CT molecular complexity index is 217. The lowest BCUT2D eigenvalue weighted by atomic mass is 10.5. The number of nitrogens with zero attached hydrogens (tertiary/aromatic N) is 2. The third-order valence-corrected chi connectivity index (χ3v) is 1.32. The molecule has 0 saturated heterocycles. The van der Waals surface area contributed by atoms with Crippen LogP contribution < -0.4 is 0 Å². The van der Waals surface area contributed by atoms with E-state index < -0.39 is 0 Å². The van der Waals surface area contributed by atoms with Crippen molar-refractivity contribution in [1.29, 1.82) is 0 Å². The van der Waals surface area contributed by atoms with Crippen LogP contribution >= 0.6 is 0 Å². The van der Waals surface area contributed by atoms with Crippen LogP contribution in [0, 0.1) is 6.92 Å². The molecule has 1 aromatic heterocycles. The lowest BCUT2D eigenvalue weighted by Crippen LogP contribution is -1.97. The molecule has 1 N–H and O–H groups in total. The Morgan fingerprint density at radius 1 is 1.70 bits per heavy atom. The van der Waals surface area contributed by atoms with E-state index in [4.69, 9.17) is 5.11 Å². The Morgan fingerprint density at radius 2 is 2.40 bits per heavy atom. The molecule has 0 amide bonds. The monoisotopic (exact) mass is 140 g/mol. The van der Waals surface area contributed by atoms with Crippen molar-refractivity contribution >= 4 is 0 Å². The number of aryl methyl sites for hydroxylation is 2. The van der Waals surface area contributed by atoms with Gasteiger partial charge in [0.2, 0.25) is 5.88 Å². The van der Waals surface area contributed by atoms with Crippen LogP contribution in [0.4, 0.5) is 0 Å². The third kappa shape index (κ3) is 1.29. The van der Waals surface area contributed by atoms with Gasteiger partial charge in [-0.1, -0.05) is 6.92 Å². The Hall–Kier alpha value is -0.990. The quantitative estimate of drug-likeness (QED) is 0.672. The molecular formula is C7H12N2O. The van der Waals surface area contributed by atoms with Gasteiger partial charge in [-0.05, 0) is 13.3 Å². The first-order valence-electron chi connectivity index (χ1n) is 3.47. The largest absolute Gasteiger partial charge is 0.493 e. The van der Waals surface area contributed by atoms with Crippen LogP contribution in [-0.2, 0) is 6.54 Å². The van der Waals surface area contributed by atoms with Gasteiger partial charge in [0, 0.05) is 12.6 Å². The van der Waals surface area contributed by atoms with Crippen molar-refractivity contribution in [1.82, 2.24) is 9.78 Å². The molecule has 3 nitrogen and oxygen atoms in total. The minimum absolute atomic E-state index is 0.263. The first-order chi connectivity index (χ1) is 4.74. The number of rotatable bonds is 2. The van der Waals surface area contributed by atoms with E-state index in [2.05, 4.69) is 12.0 Å². The Kier molecular flexibility index (Phi) is 1.94. The second-order valence-corrected chi connectivity index (χ2v) is 2.37. The molecule has 0 aromatic carbocycles. The molecule has 0 aliphatic heterocycles. The van der Waals surface area contributed by atoms with Gasteiger partial charge in [0.15, 0.2) is 0 Å². The molecule has 0 atom stereocenters. The van der Waals surface area contributed by atoms with Crippen molar-refractivity contribution < 1.29 is 5.11 Å². The van der Waals surface area contributed by atoms with E-state index in [0.717, 1.165) is 18.7 Å². The summed E-state index contributed by atoms with van der Waals surface area (Å²) in [6.07, 6.45) is 0.995. The Balaban J connectivity index is 2.81. The van der Waals surface area contributed by atoms with Gasteiger partial charge >= 0.3 is 0 Å². The highest BCUT2D eigenvalue weighted by molar-refractivity contribution is 5.12. The number of hydrogen-bond donors (Lipinski definition) is 1. The summed E-state index contributed by atoms with van der Waals surface area (Å²) in [5.74, 6) is 0.263. The molecule has 0 unspecified atom stereocenters. The van der Waals surface area contributed by atoms with Gasteiger partial charge in [0.05, 0.1) is 5.69 Å². The predicted octanol–water partition coefficient (Wildman–Crippen LogP) is 1.31. The van der Waals surface area contributed by atoms with Crippen LogP contribution in [0.25, 0.3) is 0 Å². The first kappa shape index (κ1) is 7.12. The van der Waals surface area contributed by atoms with Crippen molar-refractivity contribution in [3.63, 3.8) is 0 Å². The van der Waals surface area contributed by atoms with Crippen LogP contribution in [0.15, 0.2) is 6.07 Å². The van der Waals surface area contributed by atoms with Gasteiger partial charge in [-0.25, -0.2) is 4.68 Å². The fourth-order valence-electron chi connectivity index (χ4n) is 0.908. The normalized spacial score (nSPS) is 10.2. The molecule has 56 valence electrons. The highest BCUT2D eigenvalue weighted by Crippen LogP contribution is 2.10. The smallest absolute Gasteiger partial charge is 0.209 e. The summed E-state index contributed by atoms with van der Waals surface area (Å²) in [6, 6.07) is 1.66. The van der Waals surface area contributed by atoms with E-state index in [1.54, 1.807) is 10.7 Å². The summed E-state index contributed by atoms with van der Waals surface area (Å²) in [5, 5.41) is 13.2. The molecule has 0 fully saturated rings. The second kappa shape index (κ2) is 2.73. The first-order valence-corrected chi connectivity index (χ1v) is 3.47. The molecule has 10 heavy (non-hydrogen) atoms. The summed E-state index contributed by atoms with van der Waals surface area (Å²) in [7, 11) is 0. The number of hydrogen-bond acceptors (Lipinski definition) is 2. The molecule has 1 rings (SSSR count). The zero-order valence-corrected chi connectivity index (χ0v) is 6.33. The summed E-state index contributed by atoms with van der Waals surface area (Å²) in [5.41, 5.74) is 0.867. The van der Waals surface area contributed by atoms with E-state index in [-0.39, 0.29) is 5.88 Å². The summed E-state index contributed by atoms with van der Waals surface area (Å²) >= 11 is 0. The molecule has 0 aliphatic carbocycles. The lowest BCUT2D eigenvalue weighted by molar-refractivity contribution is 0.397. The Labute approximate surface area is 60.3 Å². The molecule has 0 bridgehead atoms. The zero-order valence-electron chi connectivity index (χ0n) is 6.33. The number of aromatic hydroxyl groups is 1. The number of aromatic nitrogens is 2. The van der Waals surface area contributed by atoms with Gasteiger partial charge < -0.3 is 5.11 Å². The average molecular weight is 140 g/mol. The van der Waals surface area contributed by atoms with Crippen molar-refractivity contribution in [2.45, 2.75) is 26.8 Å². The molecule has 1 aromatic rings. The maximum Gasteiger partial charge on any atom is 0.209 e. The highest BCUT2D eigenvalue weighted by atomic mass is 16.3. The van der Waals surface area contributed by atoms with Crippen LogP contribution in [0.3, 0.4) is 0 Å². The van der Waals surface area contributed by atoms with Crippen molar-refractivity contribution in [3.8, 4) is 5.88 Å². The van der Waals surface area contributed by atoms with Crippen LogP contribution in [0.1, 0.15) is 19.0 Å². The van der Waals surface area contributed by atoms with E-state index in [1.807, 2.05) is 6.92 Å². The lowest BCUT2D eigenvalue weighted by Gasteiger charge is -1.97. The molecule has 0 aliphatic rings. The van der Waals surface area contributed by atoms with E-state index in [0.29, 0.717) is 0 Å². The molecule has 1 heterocycles. The SMILES string of the molecule is CCCn1nc(C)cc1O. The van der Waals surface area contributed by atoms with E-state index in [9.17, 15) is 0 Å². The van der Waals surface area contributed by atoms with Gasteiger partial charge in [-0.15, -0.1) is 0 Å². The van der Waals surface area contributed by atoms with Crippen molar-refractivity contribution in [2.24, 2.45) is 0 Å². The van der Waals surface area contributed by atoms with Gasteiger partial charge in [-0.2, -0.15) is 5.10 Å². The van der Waals surface area contributed by atoms with Crippen molar-refractivity contribution in [3.05, 3.63) is 11.8 Å². The second-order valence-electron chi connectivity index (χ2n) is 2.37. The minimum atomic E-state index is 0.263. The molecule has 0 spiro atoms. The third-order valence-electron chi connectivity index (χ3n) is 1.32. The standard InChI is InChI=1S/C7H12N2O/c1-3-4-9-7(10)5-6(2)8-9/h5,10H,3-4H2,1-2H3. The minimum Gasteiger partial charge on any atom is -0.493 e. The topological polar surface area (TPSA) is 38.0 Å². The summed E-state index contributed by atoms with van der Waals surface area (Å²) in [6.45, 7) is 4.71. The summed E-state index contributed by atoms with van der Waals surface area (Å²) in [4.78, 5) is 0. The van der Waals surface area contributed by atoms with Gasteiger partial charge in [0.25, 0.3) is 0 Å². The molecule has 0 saturated carbocycles. The molecule has 3 heteroatoms. The maximum atomic E-state index is 9.16.